The van der Waals surface area contributed by atoms with E-state index in [0.717, 1.165) is 37.9 Å². The minimum atomic E-state index is -0.906. The van der Waals surface area contributed by atoms with Crippen LogP contribution >= 0.6 is 24.2 Å². The molecule has 0 amide bonds. The topological polar surface area (TPSA) is 110 Å². The highest BCUT2D eigenvalue weighted by Gasteiger charge is 2.14. The normalized spacial score (nSPS) is 10.9. The lowest BCUT2D eigenvalue weighted by atomic mass is 10.4. The first-order valence-electron chi connectivity index (χ1n) is 7.10. The SMILES string of the molecule is CCN(CC)CCn1cnc2c(SCC(=O)O)nc(N)nc21.Cl. The summed E-state index contributed by atoms with van der Waals surface area (Å²) < 4.78 is 1.93. The zero-order valence-electron chi connectivity index (χ0n) is 13.1. The second-order valence-corrected chi connectivity index (χ2v) is 5.67. The lowest BCUT2D eigenvalue weighted by Gasteiger charge is -2.18. The number of hydrogen-bond acceptors (Lipinski definition) is 7. The number of nitrogens with two attached hydrogens (primary N) is 1. The van der Waals surface area contributed by atoms with Crippen LogP contribution in [0.2, 0.25) is 0 Å². The highest BCUT2D eigenvalue weighted by atomic mass is 35.5. The molecule has 0 fully saturated rings. The number of nitrogen functional groups attached to an aromatic ring is 1. The fourth-order valence-electron chi connectivity index (χ4n) is 2.12. The van der Waals surface area contributed by atoms with Crippen LogP contribution in [0.5, 0.6) is 0 Å². The van der Waals surface area contributed by atoms with Crippen molar-refractivity contribution in [3.63, 3.8) is 0 Å². The Bertz CT molecular complexity index is 661. The van der Waals surface area contributed by atoms with Crippen LogP contribution in [0.15, 0.2) is 11.4 Å². The molecule has 0 radical (unpaired) electrons. The number of nitrogens with zero attached hydrogens (tertiary/aromatic N) is 5. The summed E-state index contributed by atoms with van der Waals surface area (Å²) >= 11 is 1.10. The third-order valence-corrected chi connectivity index (χ3v) is 4.28. The van der Waals surface area contributed by atoms with Gasteiger partial charge in [-0.25, -0.2) is 9.97 Å². The van der Waals surface area contributed by atoms with Gasteiger partial charge in [-0.15, -0.1) is 12.4 Å². The molecule has 128 valence electrons. The molecule has 0 aliphatic heterocycles. The van der Waals surface area contributed by atoms with E-state index in [1.165, 1.54) is 0 Å². The lowest BCUT2D eigenvalue weighted by Crippen LogP contribution is -2.26. The quantitative estimate of drug-likeness (QED) is 0.536. The first kappa shape index (κ1) is 19.5. The maximum Gasteiger partial charge on any atom is 0.313 e. The maximum absolute atomic E-state index is 10.7. The fraction of sp³-hybridized carbons (Fsp3) is 0.538. The molecule has 0 saturated heterocycles. The second kappa shape index (κ2) is 8.90. The van der Waals surface area contributed by atoms with Crippen LogP contribution in [-0.4, -0.2) is 60.9 Å². The first-order chi connectivity index (χ1) is 10.5. The monoisotopic (exact) mass is 360 g/mol. The van der Waals surface area contributed by atoms with E-state index in [0.29, 0.717) is 16.2 Å². The number of anilines is 1. The summed E-state index contributed by atoms with van der Waals surface area (Å²) in [6, 6.07) is 0. The number of fused-ring (bicyclic) bond motifs is 1. The van der Waals surface area contributed by atoms with Crippen LogP contribution in [-0.2, 0) is 11.3 Å². The number of imidazole rings is 1. The molecule has 0 bridgehead atoms. The first-order valence-corrected chi connectivity index (χ1v) is 8.09. The average Bonchev–Trinajstić information content (AvgIpc) is 2.89. The van der Waals surface area contributed by atoms with Gasteiger partial charge in [0, 0.05) is 13.1 Å². The summed E-state index contributed by atoms with van der Waals surface area (Å²) in [5.74, 6) is -0.862. The highest BCUT2D eigenvalue weighted by Crippen LogP contribution is 2.24. The summed E-state index contributed by atoms with van der Waals surface area (Å²) in [7, 11) is 0. The van der Waals surface area contributed by atoms with Gasteiger partial charge in [-0.1, -0.05) is 25.6 Å². The van der Waals surface area contributed by atoms with Crippen LogP contribution < -0.4 is 5.73 Å². The molecule has 2 heterocycles. The summed E-state index contributed by atoms with van der Waals surface area (Å²) in [5, 5.41) is 9.30. The van der Waals surface area contributed by atoms with E-state index in [9.17, 15) is 4.79 Å². The van der Waals surface area contributed by atoms with Crippen molar-refractivity contribution in [2.75, 3.05) is 31.1 Å². The summed E-state index contributed by atoms with van der Waals surface area (Å²) in [4.78, 5) is 25.7. The highest BCUT2D eigenvalue weighted by molar-refractivity contribution is 8.00. The van der Waals surface area contributed by atoms with Gasteiger partial charge in [0.1, 0.15) is 10.5 Å². The smallest absolute Gasteiger partial charge is 0.313 e. The van der Waals surface area contributed by atoms with E-state index in [1.54, 1.807) is 6.33 Å². The Labute approximate surface area is 144 Å². The number of carbonyl (C=O) groups is 1. The minimum Gasteiger partial charge on any atom is -0.481 e. The number of thioether (sulfide) groups is 1. The van der Waals surface area contributed by atoms with Crippen molar-refractivity contribution >= 4 is 47.3 Å². The Morgan fingerprint density at radius 3 is 2.70 bits per heavy atom. The molecule has 0 aliphatic carbocycles. The van der Waals surface area contributed by atoms with Gasteiger partial charge in [-0.3, -0.25) is 4.79 Å². The summed E-state index contributed by atoms with van der Waals surface area (Å²) in [5.41, 5.74) is 6.98. The van der Waals surface area contributed by atoms with Crippen molar-refractivity contribution in [2.24, 2.45) is 0 Å². The van der Waals surface area contributed by atoms with E-state index in [-0.39, 0.29) is 24.1 Å². The van der Waals surface area contributed by atoms with Gasteiger partial charge in [0.2, 0.25) is 5.95 Å². The predicted molar refractivity (Wildman–Crippen MR) is 93.1 cm³/mol. The third-order valence-electron chi connectivity index (χ3n) is 3.33. The maximum atomic E-state index is 10.7. The number of carboxylic acid groups (broad SMARTS) is 1. The summed E-state index contributed by atoms with van der Waals surface area (Å²) in [6.45, 7) is 7.85. The average molecular weight is 361 g/mol. The van der Waals surface area contributed by atoms with Gasteiger partial charge < -0.3 is 20.3 Å². The van der Waals surface area contributed by atoms with E-state index < -0.39 is 5.97 Å². The molecular weight excluding hydrogens is 340 g/mol. The molecular formula is C13H21ClN6O2S. The van der Waals surface area contributed by atoms with Crippen LogP contribution in [0.1, 0.15) is 13.8 Å². The number of rotatable bonds is 8. The van der Waals surface area contributed by atoms with Gasteiger partial charge in [-0.05, 0) is 13.1 Å². The molecule has 2 aromatic heterocycles. The van der Waals surface area contributed by atoms with E-state index in [1.807, 2.05) is 4.57 Å². The summed E-state index contributed by atoms with van der Waals surface area (Å²) in [6.07, 6.45) is 1.70. The van der Waals surface area contributed by atoms with Crippen molar-refractivity contribution in [1.29, 1.82) is 0 Å². The molecule has 0 saturated carbocycles. The van der Waals surface area contributed by atoms with Crippen LogP contribution in [0.3, 0.4) is 0 Å². The van der Waals surface area contributed by atoms with Crippen LogP contribution in [0, 0.1) is 0 Å². The second-order valence-electron chi connectivity index (χ2n) is 4.71. The molecule has 2 rings (SSSR count). The molecule has 0 aliphatic rings. The molecule has 0 atom stereocenters. The molecule has 3 N–H and O–H groups in total. The molecule has 10 heteroatoms. The van der Waals surface area contributed by atoms with Gasteiger partial charge in [0.15, 0.2) is 5.65 Å². The number of hydrogen-bond donors (Lipinski definition) is 2. The number of halogens is 1. The third kappa shape index (κ3) is 4.95. The van der Waals surface area contributed by atoms with E-state index >= 15 is 0 Å². The lowest BCUT2D eigenvalue weighted by molar-refractivity contribution is -0.133. The number of aliphatic carboxylic acids is 1. The van der Waals surface area contributed by atoms with Gasteiger partial charge >= 0.3 is 5.97 Å². The zero-order chi connectivity index (χ0) is 16.1. The van der Waals surface area contributed by atoms with E-state index in [4.69, 9.17) is 10.8 Å². The largest absolute Gasteiger partial charge is 0.481 e. The Balaban J connectivity index is 0.00000264. The van der Waals surface area contributed by atoms with Crippen molar-refractivity contribution < 1.29 is 9.90 Å². The predicted octanol–water partition coefficient (Wildman–Crippen LogP) is 1.35. The van der Waals surface area contributed by atoms with Gasteiger partial charge in [0.25, 0.3) is 0 Å². The van der Waals surface area contributed by atoms with Crippen molar-refractivity contribution in [2.45, 2.75) is 25.4 Å². The van der Waals surface area contributed by atoms with Gasteiger partial charge in [-0.2, -0.15) is 4.98 Å². The molecule has 0 spiro atoms. The Morgan fingerprint density at radius 1 is 1.39 bits per heavy atom. The van der Waals surface area contributed by atoms with Crippen molar-refractivity contribution in [3.8, 4) is 0 Å². The van der Waals surface area contributed by atoms with Crippen LogP contribution in [0.25, 0.3) is 11.2 Å². The van der Waals surface area contributed by atoms with Crippen molar-refractivity contribution in [3.05, 3.63) is 6.33 Å². The Hall–Kier alpha value is -1.58. The zero-order valence-corrected chi connectivity index (χ0v) is 14.7. The Morgan fingerprint density at radius 2 is 2.09 bits per heavy atom. The minimum absolute atomic E-state index is 0. The number of aromatic nitrogens is 4. The van der Waals surface area contributed by atoms with Crippen molar-refractivity contribution in [1.82, 2.24) is 24.4 Å². The number of carboxylic acids is 1. The molecule has 0 unspecified atom stereocenters. The molecule has 8 nitrogen and oxygen atoms in total. The molecule has 2 aromatic rings. The standard InChI is InChI=1S/C13H20N6O2S.ClH/c1-3-18(4-2)5-6-19-8-15-10-11(19)16-13(14)17-12(10)22-7-9(20)21;/h8H,3-7H2,1-2H3,(H,20,21)(H2,14,16,17);1H. The van der Waals surface area contributed by atoms with Crippen LogP contribution in [0.4, 0.5) is 5.95 Å². The Kier molecular flexibility index (Phi) is 7.53. The molecule has 0 aromatic carbocycles. The number of likely N-dealkylation sites (N-methyl/N-ethyl adjacent to an activating group) is 1. The van der Waals surface area contributed by atoms with Gasteiger partial charge in [0.05, 0.1) is 12.1 Å². The van der Waals surface area contributed by atoms with E-state index in [2.05, 4.69) is 33.7 Å². The molecule has 23 heavy (non-hydrogen) atoms. The fourth-order valence-corrected chi connectivity index (χ4v) is 2.82.